The van der Waals surface area contributed by atoms with Gasteiger partial charge in [0.2, 0.25) is 0 Å². The highest BCUT2D eigenvalue weighted by atomic mass is 19.1. The zero-order valence-electron chi connectivity index (χ0n) is 10.5. The minimum atomic E-state index is -0.576. The first-order chi connectivity index (χ1) is 9.10. The van der Waals surface area contributed by atoms with E-state index in [0.717, 1.165) is 5.56 Å². The quantitative estimate of drug-likeness (QED) is 0.678. The van der Waals surface area contributed by atoms with Gasteiger partial charge in [-0.05, 0) is 29.8 Å². The summed E-state index contributed by atoms with van der Waals surface area (Å²) in [5.74, 6) is -0.475. The van der Waals surface area contributed by atoms with Crippen LogP contribution < -0.4 is 10.5 Å². The molecule has 0 saturated carbocycles. The van der Waals surface area contributed by atoms with Crippen molar-refractivity contribution < 1.29 is 13.9 Å². The molecule has 0 aliphatic carbocycles. The number of halogens is 1. The van der Waals surface area contributed by atoms with Gasteiger partial charge < -0.3 is 10.5 Å². The summed E-state index contributed by atoms with van der Waals surface area (Å²) in [7, 11) is 1.45. The Morgan fingerprint density at radius 3 is 2.68 bits per heavy atom. The predicted molar refractivity (Wildman–Crippen MR) is 71.8 cm³/mol. The Balaban J connectivity index is 2.20. The fraction of sp³-hybridized carbons (Fsp3) is 0.133. The Labute approximate surface area is 110 Å². The van der Waals surface area contributed by atoms with Crippen molar-refractivity contribution in [2.75, 3.05) is 12.8 Å². The van der Waals surface area contributed by atoms with Crippen LogP contribution in [0.5, 0.6) is 5.75 Å². The lowest BCUT2D eigenvalue weighted by atomic mass is 10.0. The van der Waals surface area contributed by atoms with Crippen molar-refractivity contribution in [3.63, 3.8) is 0 Å². The molecule has 0 atom stereocenters. The van der Waals surface area contributed by atoms with Crippen LogP contribution in [0.15, 0.2) is 42.5 Å². The van der Waals surface area contributed by atoms with Crippen molar-refractivity contribution >= 4 is 11.5 Å². The van der Waals surface area contributed by atoms with E-state index >= 15 is 0 Å². The van der Waals surface area contributed by atoms with Gasteiger partial charge in [0.05, 0.1) is 12.7 Å². The van der Waals surface area contributed by atoms with Gasteiger partial charge in [0.15, 0.2) is 5.78 Å². The highest BCUT2D eigenvalue weighted by Crippen LogP contribution is 2.18. The third-order valence-electron chi connectivity index (χ3n) is 2.79. The highest BCUT2D eigenvalue weighted by Gasteiger charge is 2.13. The monoisotopic (exact) mass is 259 g/mol. The second kappa shape index (κ2) is 5.52. The lowest BCUT2D eigenvalue weighted by molar-refractivity contribution is 0.0989. The number of methoxy groups -OCH3 is 1. The zero-order valence-corrected chi connectivity index (χ0v) is 10.5. The topological polar surface area (TPSA) is 52.3 Å². The van der Waals surface area contributed by atoms with Crippen molar-refractivity contribution in [2.24, 2.45) is 0 Å². The third-order valence-corrected chi connectivity index (χ3v) is 2.79. The van der Waals surface area contributed by atoms with E-state index in [1.165, 1.54) is 19.2 Å². The second-order valence-electron chi connectivity index (χ2n) is 4.19. The van der Waals surface area contributed by atoms with Crippen molar-refractivity contribution in [1.29, 1.82) is 0 Å². The molecule has 2 rings (SSSR count). The normalized spacial score (nSPS) is 10.2. The van der Waals surface area contributed by atoms with Crippen LogP contribution in [0, 0.1) is 5.82 Å². The van der Waals surface area contributed by atoms with Crippen molar-refractivity contribution in [1.82, 2.24) is 0 Å². The maximum atomic E-state index is 13.7. The first-order valence-corrected chi connectivity index (χ1v) is 5.81. The van der Waals surface area contributed by atoms with Crippen molar-refractivity contribution in [3.8, 4) is 5.75 Å². The molecule has 2 N–H and O–H groups in total. The number of Topliss-reactive ketones (excluding diaryl/α,β-unsaturated/α-hetero) is 1. The van der Waals surface area contributed by atoms with E-state index in [-0.39, 0.29) is 17.8 Å². The summed E-state index contributed by atoms with van der Waals surface area (Å²) in [6, 6.07) is 11.2. The molecular weight excluding hydrogens is 245 g/mol. The molecule has 0 heterocycles. The van der Waals surface area contributed by atoms with Gasteiger partial charge in [-0.15, -0.1) is 0 Å². The first kappa shape index (κ1) is 13.1. The molecule has 0 saturated heterocycles. The summed E-state index contributed by atoms with van der Waals surface area (Å²) in [6.07, 6.45) is 0.119. The summed E-state index contributed by atoms with van der Waals surface area (Å²) < 4.78 is 18.6. The number of benzene rings is 2. The van der Waals surface area contributed by atoms with Crippen LogP contribution in [0.1, 0.15) is 15.9 Å². The number of carbonyl (C=O) groups is 1. The number of nitrogens with two attached hydrogens (primary N) is 1. The number of rotatable bonds is 4. The van der Waals surface area contributed by atoms with Gasteiger partial charge in [-0.2, -0.15) is 0 Å². The van der Waals surface area contributed by atoms with E-state index < -0.39 is 5.82 Å². The molecule has 0 spiro atoms. The maximum absolute atomic E-state index is 13.7. The fourth-order valence-corrected chi connectivity index (χ4v) is 1.83. The number of anilines is 1. The van der Waals surface area contributed by atoms with E-state index in [0.29, 0.717) is 11.4 Å². The number of ether oxygens (including phenoxy) is 1. The highest BCUT2D eigenvalue weighted by molar-refractivity contribution is 5.97. The summed E-state index contributed by atoms with van der Waals surface area (Å²) in [4.78, 5) is 12.0. The van der Waals surface area contributed by atoms with E-state index in [9.17, 15) is 9.18 Å². The van der Waals surface area contributed by atoms with Gasteiger partial charge in [0.25, 0.3) is 0 Å². The minimum absolute atomic E-state index is 0.0585. The van der Waals surface area contributed by atoms with Crippen LogP contribution >= 0.6 is 0 Å². The Bertz CT molecular complexity index is 611. The standard InChI is InChI=1S/C15H14FNO2/c1-19-12-5-6-13(14(16)9-12)15(18)8-10-3-2-4-11(17)7-10/h2-7,9H,8,17H2,1H3. The molecule has 98 valence electrons. The largest absolute Gasteiger partial charge is 0.497 e. The average molecular weight is 259 g/mol. The van der Waals surface area contributed by atoms with Crippen molar-refractivity contribution in [3.05, 3.63) is 59.4 Å². The van der Waals surface area contributed by atoms with Crippen molar-refractivity contribution in [2.45, 2.75) is 6.42 Å². The predicted octanol–water partition coefficient (Wildman–Crippen LogP) is 2.84. The third kappa shape index (κ3) is 3.10. The molecule has 4 heteroatoms. The molecular formula is C15H14FNO2. The Kier molecular flexibility index (Phi) is 3.80. The first-order valence-electron chi connectivity index (χ1n) is 5.81. The molecule has 0 radical (unpaired) electrons. The van der Waals surface area contributed by atoms with Gasteiger partial charge in [0.1, 0.15) is 11.6 Å². The molecule has 0 unspecified atom stereocenters. The van der Waals surface area contributed by atoms with E-state index in [4.69, 9.17) is 10.5 Å². The summed E-state index contributed by atoms with van der Waals surface area (Å²) >= 11 is 0. The molecule has 0 fully saturated rings. The van der Waals surface area contributed by atoms with Gasteiger partial charge >= 0.3 is 0 Å². The summed E-state index contributed by atoms with van der Waals surface area (Å²) in [5, 5.41) is 0. The molecule has 0 aliphatic heterocycles. The summed E-state index contributed by atoms with van der Waals surface area (Å²) in [5.41, 5.74) is 7.05. The van der Waals surface area contributed by atoms with Gasteiger partial charge in [0, 0.05) is 18.2 Å². The Morgan fingerprint density at radius 1 is 1.26 bits per heavy atom. The van der Waals surface area contributed by atoms with Crippen LogP contribution in [0.2, 0.25) is 0 Å². The number of hydrogen-bond acceptors (Lipinski definition) is 3. The molecule has 0 aromatic heterocycles. The van der Waals surface area contributed by atoms with Crippen LogP contribution in [0.4, 0.5) is 10.1 Å². The van der Waals surface area contributed by atoms with E-state index in [1.54, 1.807) is 30.3 Å². The number of ketones is 1. The molecule has 0 aliphatic rings. The number of nitrogen functional groups attached to an aromatic ring is 1. The SMILES string of the molecule is COc1ccc(C(=O)Cc2cccc(N)c2)c(F)c1. The van der Waals surface area contributed by atoms with Crippen LogP contribution in [0.3, 0.4) is 0 Å². The van der Waals surface area contributed by atoms with Gasteiger partial charge in [-0.3, -0.25) is 4.79 Å². The average Bonchev–Trinajstić information content (AvgIpc) is 2.38. The fourth-order valence-electron chi connectivity index (χ4n) is 1.83. The molecule has 0 amide bonds. The Morgan fingerprint density at radius 2 is 2.05 bits per heavy atom. The van der Waals surface area contributed by atoms with Crippen LogP contribution in [-0.2, 0) is 6.42 Å². The molecule has 0 bridgehead atoms. The maximum Gasteiger partial charge on any atom is 0.170 e. The summed E-state index contributed by atoms with van der Waals surface area (Å²) in [6.45, 7) is 0. The molecule has 2 aromatic carbocycles. The van der Waals surface area contributed by atoms with Crippen LogP contribution in [0.25, 0.3) is 0 Å². The lowest BCUT2D eigenvalue weighted by Gasteiger charge is -2.05. The zero-order chi connectivity index (χ0) is 13.8. The molecule has 3 nitrogen and oxygen atoms in total. The number of hydrogen-bond donors (Lipinski definition) is 1. The van der Waals surface area contributed by atoms with E-state index in [1.807, 2.05) is 0 Å². The van der Waals surface area contributed by atoms with Gasteiger partial charge in [-0.1, -0.05) is 12.1 Å². The second-order valence-corrected chi connectivity index (χ2v) is 4.19. The minimum Gasteiger partial charge on any atom is -0.497 e. The lowest BCUT2D eigenvalue weighted by Crippen LogP contribution is -2.06. The van der Waals surface area contributed by atoms with E-state index in [2.05, 4.69) is 0 Å². The smallest absolute Gasteiger partial charge is 0.170 e. The molecule has 19 heavy (non-hydrogen) atoms. The Hall–Kier alpha value is -2.36. The van der Waals surface area contributed by atoms with Gasteiger partial charge in [-0.25, -0.2) is 4.39 Å². The molecule has 2 aromatic rings. The van der Waals surface area contributed by atoms with Crippen LogP contribution in [-0.4, -0.2) is 12.9 Å². The number of carbonyl (C=O) groups excluding carboxylic acids is 1.